The van der Waals surface area contributed by atoms with Crippen molar-refractivity contribution >= 4 is 41.1 Å². The molecule has 1 heterocycles. The van der Waals surface area contributed by atoms with E-state index in [0.717, 1.165) is 5.69 Å². The Labute approximate surface area is 133 Å². The summed E-state index contributed by atoms with van der Waals surface area (Å²) in [6.07, 6.45) is -0.591. The lowest BCUT2D eigenvalue weighted by Gasteiger charge is -2.21. The smallest absolute Gasteiger partial charge is 0.409 e. The first-order valence-electron chi connectivity index (χ1n) is 6.43. The van der Waals surface area contributed by atoms with E-state index in [1.807, 2.05) is 20.8 Å². The molecule has 1 aliphatic rings. The van der Waals surface area contributed by atoms with Crippen molar-refractivity contribution in [2.45, 2.75) is 31.7 Å². The summed E-state index contributed by atoms with van der Waals surface area (Å²) in [5.74, 6) is 0.194. The molecule has 5 nitrogen and oxygen atoms in total. The van der Waals surface area contributed by atoms with Gasteiger partial charge in [-0.1, -0.05) is 23.4 Å². The maximum Gasteiger partial charge on any atom is 0.409 e. The summed E-state index contributed by atoms with van der Waals surface area (Å²) < 4.78 is 5.17. The number of anilines is 1. The van der Waals surface area contributed by atoms with E-state index in [1.165, 1.54) is 11.8 Å². The minimum absolute atomic E-state index is 0.244. The largest absolute Gasteiger partial charge is 0.425 e. The molecule has 0 aromatic heterocycles. The van der Waals surface area contributed by atoms with Gasteiger partial charge in [0.2, 0.25) is 5.44 Å². The minimum atomic E-state index is -0.817. The lowest BCUT2D eigenvalue weighted by molar-refractivity contribution is -0.122. The molecule has 0 spiro atoms. The number of alkyl carbamates (subject to hydrolysis) is 1. The summed E-state index contributed by atoms with van der Waals surface area (Å²) in [4.78, 5) is 25.5. The fourth-order valence-electron chi connectivity index (χ4n) is 1.74. The summed E-state index contributed by atoms with van der Waals surface area (Å²) in [6.45, 7) is 5.54. The first-order valence-corrected chi connectivity index (χ1v) is 7.86. The van der Waals surface area contributed by atoms with Crippen LogP contribution in [-0.2, 0) is 9.53 Å². The van der Waals surface area contributed by atoms with Crippen molar-refractivity contribution in [3.8, 4) is 0 Å². The predicted octanol–water partition coefficient (Wildman–Crippen LogP) is 3.23. The molecule has 21 heavy (non-hydrogen) atoms. The Morgan fingerprint density at radius 1 is 1.38 bits per heavy atom. The third kappa shape index (κ3) is 4.28. The minimum Gasteiger partial charge on any atom is -0.425 e. The van der Waals surface area contributed by atoms with Gasteiger partial charge in [0.05, 0.1) is 5.88 Å². The van der Waals surface area contributed by atoms with Gasteiger partial charge in [0.15, 0.2) is 0 Å². The van der Waals surface area contributed by atoms with Crippen molar-refractivity contribution in [3.63, 3.8) is 0 Å². The molecule has 2 rings (SSSR count). The Hall–Kier alpha value is -1.40. The van der Waals surface area contributed by atoms with Gasteiger partial charge >= 0.3 is 6.09 Å². The number of benzene rings is 1. The summed E-state index contributed by atoms with van der Waals surface area (Å²) in [7, 11) is 0. The van der Waals surface area contributed by atoms with Crippen LogP contribution in [0.4, 0.5) is 10.5 Å². The number of thioether (sulfide) groups is 1. The van der Waals surface area contributed by atoms with Crippen LogP contribution in [0.1, 0.15) is 20.8 Å². The molecule has 1 aromatic carbocycles. The Balaban J connectivity index is 1.98. The van der Waals surface area contributed by atoms with Crippen LogP contribution < -0.4 is 10.2 Å². The SMILES string of the molecule is CC(C)(C)NC(=O)OC1SCN(c2ccc(Cl)cc2)C1=O. The Morgan fingerprint density at radius 3 is 2.57 bits per heavy atom. The number of hydrogen-bond acceptors (Lipinski definition) is 4. The molecule has 1 aromatic rings. The third-order valence-corrected chi connectivity index (χ3v) is 3.91. The van der Waals surface area contributed by atoms with Crippen LogP contribution >= 0.6 is 23.4 Å². The molecule has 1 N–H and O–H groups in total. The molecular weight excluding hydrogens is 312 g/mol. The lowest BCUT2D eigenvalue weighted by Crippen LogP contribution is -2.43. The average Bonchev–Trinajstić information content (AvgIpc) is 2.70. The second-order valence-electron chi connectivity index (χ2n) is 5.65. The van der Waals surface area contributed by atoms with Gasteiger partial charge in [-0.25, -0.2) is 4.79 Å². The number of rotatable bonds is 2. The van der Waals surface area contributed by atoms with Gasteiger partial charge in [-0.3, -0.25) is 9.69 Å². The molecule has 1 saturated heterocycles. The van der Waals surface area contributed by atoms with Crippen molar-refractivity contribution in [2.24, 2.45) is 0 Å². The monoisotopic (exact) mass is 328 g/mol. The Bertz CT molecular complexity index is 542. The highest BCUT2D eigenvalue weighted by Gasteiger charge is 2.36. The van der Waals surface area contributed by atoms with Crippen LogP contribution in [0.15, 0.2) is 24.3 Å². The molecule has 1 unspecified atom stereocenters. The van der Waals surface area contributed by atoms with Gasteiger partial charge in [-0.2, -0.15) is 0 Å². The molecule has 0 radical (unpaired) electrons. The summed E-state index contributed by atoms with van der Waals surface area (Å²) in [5.41, 5.74) is -0.485. The zero-order chi connectivity index (χ0) is 15.6. The van der Waals surface area contributed by atoms with Crippen LogP contribution in [0.3, 0.4) is 0 Å². The maximum atomic E-state index is 12.3. The van der Waals surface area contributed by atoms with Gasteiger partial charge in [-0.05, 0) is 45.0 Å². The van der Waals surface area contributed by atoms with Crippen molar-refractivity contribution < 1.29 is 14.3 Å². The van der Waals surface area contributed by atoms with Crippen molar-refractivity contribution in [3.05, 3.63) is 29.3 Å². The second-order valence-corrected chi connectivity index (χ2v) is 7.11. The number of carbonyl (C=O) groups excluding carboxylic acids is 2. The number of carbonyl (C=O) groups is 2. The zero-order valence-corrected chi connectivity index (χ0v) is 13.6. The lowest BCUT2D eigenvalue weighted by atomic mass is 10.1. The van der Waals surface area contributed by atoms with Crippen LogP contribution in [0, 0.1) is 0 Å². The van der Waals surface area contributed by atoms with E-state index in [2.05, 4.69) is 5.32 Å². The maximum absolute atomic E-state index is 12.3. The molecule has 0 aliphatic carbocycles. The van der Waals surface area contributed by atoms with Crippen molar-refractivity contribution in [1.29, 1.82) is 0 Å². The summed E-state index contributed by atoms with van der Waals surface area (Å²) in [6, 6.07) is 6.96. The first kappa shape index (κ1) is 16.0. The van der Waals surface area contributed by atoms with Gasteiger partial charge in [0.25, 0.3) is 5.91 Å². The molecule has 114 valence electrons. The van der Waals surface area contributed by atoms with Gasteiger partial charge < -0.3 is 10.1 Å². The normalized spacial score (nSPS) is 18.8. The van der Waals surface area contributed by atoms with E-state index in [0.29, 0.717) is 10.9 Å². The van der Waals surface area contributed by atoms with Gasteiger partial charge in [-0.15, -0.1) is 0 Å². The molecule has 1 atom stereocenters. The third-order valence-electron chi connectivity index (χ3n) is 2.65. The molecule has 1 aliphatic heterocycles. The number of hydrogen-bond donors (Lipinski definition) is 1. The molecule has 0 saturated carbocycles. The number of nitrogens with zero attached hydrogens (tertiary/aromatic N) is 1. The Kier molecular flexibility index (Phi) is 4.68. The van der Waals surface area contributed by atoms with E-state index < -0.39 is 17.1 Å². The van der Waals surface area contributed by atoms with Crippen LogP contribution in [0.2, 0.25) is 5.02 Å². The number of nitrogens with one attached hydrogen (secondary N) is 1. The fraction of sp³-hybridized carbons (Fsp3) is 0.429. The highest BCUT2D eigenvalue weighted by Crippen LogP contribution is 2.30. The topological polar surface area (TPSA) is 58.6 Å². The van der Waals surface area contributed by atoms with E-state index >= 15 is 0 Å². The van der Waals surface area contributed by atoms with Gasteiger partial charge in [0, 0.05) is 16.2 Å². The molecule has 7 heteroatoms. The van der Waals surface area contributed by atoms with Gasteiger partial charge in [0.1, 0.15) is 0 Å². The number of ether oxygens (including phenoxy) is 1. The molecular formula is C14H17ClN2O3S. The standard InChI is InChI=1S/C14H17ClN2O3S/c1-14(2,3)16-13(19)20-12-11(18)17(8-21-12)10-6-4-9(15)5-7-10/h4-7,12H,8H2,1-3H3,(H,16,19). The second kappa shape index (κ2) is 6.15. The van der Waals surface area contributed by atoms with Crippen molar-refractivity contribution in [1.82, 2.24) is 5.32 Å². The Morgan fingerprint density at radius 2 is 2.00 bits per heavy atom. The van der Waals surface area contributed by atoms with Crippen LogP contribution in [0.25, 0.3) is 0 Å². The van der Waals surface area contributed by atoms with Crippen LogP contribution in [0.5, 0.6) is 0 Å². The van der Waals surface area contributed by atoms with Crippen LogP contribution in [-0.4, -0.2) is 28.9 Å². The molecule has 2 amide bonds. The highest BCUT2D eigenvalue weighted by atomic mass is 35.5. The highest BCUT2D eigenvalue weighted by molar-refractivity contribution is 8.01. The van der Waals surface area contributed by atoms with E-state index in [9.17, 15) is 9.59 Å². The van der Waals surface area contributed by atoms with Crippen molar-refractivity contribution in [2.75, 3.05) is 10.8 Å². The zero-order valence-electron chi connectivity index (χ0n) is 12.1. The van der Waals surface area contributed by atoms with E-state index in [4.69, 9.17) is 16.3 Å². The average molecular weight is 329 g/mol. The predicted molar refractivity (Wildman–Crippen MR) is 84.6 cm³/mol. The first-order chi connectivity index (χ1) is 9.76. The van der Waals surface area contributed by atoms with E-state index in [1.54, 1.807) is 29.2 Å². The number of halogens is 1. The molecule has 0 bridgehead atoms. The fourth-order valence-corrected chi connectivity index (χ4v) is 2.86. The quantitative estimate of drug-likeness (QED) is 0.905. The summed E-state index contributed by atoms with van der Waals surface area (Å²) in [5, 5.41) is 3.27. The summed E-state index contributed by atoms with van der Waals surface area (Å²) >= 11 is 7.10. The number of amides is 2. The molecule has 1 fully saturated rings. The van der Waals surface area contributed by atoms with E-state index in [-0.39, 0.29) is 5.91 Å².